The lowest BCUT2D eigenvalue weighted by Crippen LogP contribution is -2.56. The predicted molar refractivity (Wildman–Crippen MR) is 103 cm³/mol. The molecule has 0 aromatic carbocycles. The first kappa shape index (κ1) is 20.4. The number of hydrogen-bond donors (Lipinski definition) is 2. The zero-order valence-corrected chi connectivity index (χ0v) is 17.3. The summed E-state index contributed by atoms with van der Waals surface area (Å²) in [4.78, 5) is 53.7. The summed E-state index contributed by atoms with van der Waals surface area (Å²) in [5.74, 6) is -1.62. The van der Waals surface area contributed by atoms with Crippen LogP contribution < -0.4 is 11.5 Å². The highest BCUT2D eigenvalue weighted by atomic mass is 16.6. The van der Waals surface area contributed by atoms with Crippen LogP contribution in [0.5, 0.6) is 0 Å². The molecule has 30 heavy (non-hydrogen) atoms. The molecular weight excluding hydrogens is 392 g/mol. The third-order valence-electron chi connectivity index (χ3n) is 6.72. The molecule has 4 aliphatic rings. The van der Waals surface area contributed by atoms with Gasteiger partial charge in [0.05, 0.1) is 23.4 Å². The van der Waals surface area contributed by atoms with Crippen LogP contribution in [0.2, 0.25) is 0 Å². The minimum atomic E-state index is -1.19. The van der Waals surface area contributed by atoms with Crippen LogP contribution in [0.25, 0.3) is 0 Å². The van der Waals surface area contributed by atoms with Gasteiger partial charge in [-0.2, -0.15) is 0 Å². The molecule has 0 aromatic heterocycles. The van der Waals surface area contributed by atoms with Crippen molar-refractivity contribution in [2.24, 2.45) is 17.4 Å². The topological polar surface area (TPSA) is 145 Å². The number of unbranched alkanes of at least 4 members (excludes halogenated alkanes) is 1. The Morgan fingerprint density at radius 3 is 2.57 bits per heavy atom. The number of amides is 2. The summed E-state index contributed by atoms with van der Waals surface area (Å²) in [6.45, 7) is 3.62. The summed E-state index contributed by atoms with van der Waals surface area (Å²) >= 11 is 0. The fraction of sp³-hybridized carbons (Fsp3) is 0.600. The Kier molecular flexibility index (Phi) is 4.64. The lowest BCUT2D eigenvalue weighted by molar-refractivity contribution is -0.153. The van der Waals surface area contributed by atoms with Crippen molar-refractivity contribution in [3.05, 3.63) is 22.5 Å². The molecule has 0 bridgehead atoms. The average molecular weight is 418 g/mol. The maximum Gasteiger partial charge on any atom is 0.404 e. The number of hydrogen-bond acceptors (Lipinski definition) is 8. The molecule has 0 radical (unpaired) electrons. The van der Waals surface area contributed by atoms with Crippen molar-refractivity contribution >= 4 is 23.6 Å². The number of nitrogens with two attached hydrogens (primary N) is 2. The molecule has 3 heterocycles. The standard InChI is InChI=1S/C20H26N4O6/c1-4-5-6-12(25)24-11-7-23-15-13(17(27)14(21)9(2)16(15)26)10(8-30-19(22)28)20(23,29-3)18(11)24/h10-11,18H,4-8,21H2,1-3H3,(H2,22,28)/t10-,11?,18?,20-,24?/m1/s1. The largest absolute Gasteiger partial charge is 0.449 e. The SMILES string of the molecule is CCCCC(=O)N1C2CN3C4=C(C(=O)C(N)=C(C)C4=O)[C@@H](COC(N)=O)[C@@]3(OC)C21. The first-order chi connectivity index (χ1) is 14.2. The number of Topliss-reactive ketones (excluding diaryl/α,β-unsaturated/α-hetero) is 2. The molecule has 10 nitrogen and oxygen atoms in total. The highest BCUT2D eigenvalue weighted by Crippen LogP contribution is 2.59. The number of rotatable bonds is 6. The van der Waals surface area contributed by atoms with Crippen molar-refractivity contribution in [2.75, 3.05) is 20.3 Å². The van der Waals surface area contributed by atoms with Crippen molar-refractivity contribution in [3.63, 3.8) is 0 Å². The molecule has 0 spiro atoms. The van der Waals surface area contributed by atoms with E-state index in [0.717, 1.165) is 12.8 Å². The van der Waals surface area contributed by atoms with Gasteiger partial charge in [-0.05, 0) is 13.3 Å². The molecular formula is C20H26N4O6. The Morgan fingerprint density at radius 2 is 1.97 bits per heavy atom. The number of methoxy groups -OCH3 is 1. The van der Waals surface area contributed by atoms with Crippen molar-refractivity contribution in [3.8, 4) is 0 Å². The van der Waals surface area contributed by atoms with E-state index in [1.54, 1.807) is 9.80 Å². The number of ether oxygens (including phenoxy) is 2. The summed E-state index contributed by atoms with van der Waals surface area (Å²) in [5, 5.41) is 0. The quantitative estimate of drug-likeness (QED) is 0.445. The molecule has 10 heteroatoms. The molecule has 2 amide bonds. The number of fused-ring (bicyclic) bond motifs is 4. The van der Waals surface area contributed by atoms with E-state index in [1.807, 2.05) is 6.92 Å². The molecule has 3 aliphatic heterocycles. The van der Waals surface area contributed by atoms with Gasteiger partial charge in [0, 0.05) is 31.2 Å². The van der Waals surface area contributed by atoms with Gasteiger partial charge in [-0.1, -0.05) is 13.3 Å². The van der Waals surface area contributed by atoms with E-state index < -0.39 is 23.5 Å². The van der Waals surface area contributed by atoms with Crippen LogP contribution in [-0.4, -0.2) is 71.4 Å². The molecule has 2 unspecified atom stereocenters. The summed E-state index contributed by atoms with van der Waals surface area (Å²) in [5.41, 5.74) is 10.3. The zero-order chi connectivity index (χ0) is 22.0. The highest BCUT2D eigenvalue weighted by Gasteiger charge is 2.77. The average Bonchev–Trinajstić information content (AvgIpc) is 3.22. The molecule has 0 saturated carbocycles. The minimum absolute atomic E-state index is 0.00818. The summed E-state index contributed by atoms with van der Waals surface area (Å²) in [7, 11) is 1.47. The number of carbonyl (C=O) groups excluding carboxylic acids is 4. The lowest BCUT2D eigenvalue weighted by Gasteiger charge is -2.41. The van der Waals surface area contributed by atoms with Gasteiger partial charge < -0.3 is 30.7 Å². The van der Waals surface area contributed by atoms with E-state index >= 15 is 0 Å². The third kappa shape index (κ3) is 2.46. The van der Waals surface area contributed by atoms with Gasteiger partial charge >= 0.3 is 6.09 Å². The fourth-order valence-electron chi connectivity index (χ4n) is 5.27. The molecule has 2 saturated heterocycles. The van der Waals surface area contributed by atoms with Crippen molar-refractivity contribution < 1.29 is 28.7 Å². The Labute approximate surface area is 173 Å². The van der Waals surface area contributed by atoms with E-state index in [1.165, 1.54) is 14.0 Å². The van der Waals surface area contributed by atoms with Gasteiger partial charge in [0.2, 0.25) is 17.5 Å². The molecule has 1 aliphatic carbocycles. The summed E-state index contributed by atoms with van der Waals surface area (Å²) in [6, 6.07) is -0.494. The number of carbonyl (C=O) groups is 4. The second-order valence-corrected chi connectivity index (χ2v) is 8.13. The summed E-state index contributed by atoms with van der Waals surface area (Å²) < 4.78 is 11.0. The van der Waals surface area contributed by atoms with Gasteiger partial charge in [-0.25, -0.2) is 4.79 Å². The fourth-order valence-corrected chi connectivity index (χ4v) is 5.27. The van der Waals surface area contributed by atoms with Crippen molar-refractivity contribution in [1.82, 2.24) is 9.80 Å². The van der Waals surface area contributed by atoms with E-state index in [2.05, 4.69) is 0 Å². The number of nitrogens with zero attached hydrogens (tertiary/aromatic N) is 2. The number of piperazine rings is 1. The van der Waals surface area contributed by atoms with E-state index in [-0.39, 0.29) is 52.9 Å². The highest BCUT2D eigenvalue weighted by molar-refractivity contribution is 6.25. The van der Waals surface area contributed by atoms with Crippen LogP contribution >= 0.6 is 0 Å². The van der Waals surface area contributed by atoms with Gasteiger partial charge in [-0.3, -0.25) is 14.4 Å². The van der Waals surface area contributed by atoms with Crippen LogP contribution in [-0.2, 0) is 23.9 Å². The molecule has 4 N–H and O–H groups in total. The maximum absolute atomic E-state index is 13.1. The van der Waals surface area contributed by atoms with Gasteiger partial charge in [0.25, 0.3) is 0 Å². The Bertz CT molecular complexity index is 924. The summed E-state index contributed by atoms with van der Waals surface area (Å²) in [6.07, 6.45) is 1.09. The molecule has 4 rings (SSSR count). The minimum Gasteiger partial charge on any atom is -0.449 e. The van der Waals surface area contributed by atoms with Gasteiger partial charge in [0.1, 0.15) is 12.6 Å². The third-order valence-corrected chi connectivity index (χ3v) is 6.72. The number of ketones is 2. The second kappa shape index (κ2) is 6.83. The lowest BCUT2D eigenvalue weighted by atomic mass is 9.82. The van der Waals surface area contributed by atoms with Crippen LogP contribution in [0.15, 0.2) is 22.5 Å². The molecule has 0 aromatic rings. The smallest absolute Gasteiger partial charge is 0.404 e. The van der Waals surface area contributed by atoms with E-state index in [9.17, 15) is 19.2 Å². The normalized spacial score (nSPS) is 31.8. The van der Waals surface area contributed by atoms with E-state index in [4.69, 9.17) is 20.9 Å². The molecule has 162 valence electrons. The Hall–Kier alpha value is -2.88. The monoisotopic (exact) mass is 418 g/mol. The maximum atomic E-state index is 13.1. The molecule has 4 atom stereocenters. The van der Waals surface area contributed by atoms with Crippen LogP contribution in [0.4, 0.5) is 4.79 Å². The Morgan fingerprint density at radius 1 is 1.27 bits per heavy atom. The second-order valence-electron chi connectivity index (χ2n) is 8.13. The molecule has 2 fully saturated rings. The zero-order valence-electron chi connectivity index (χ0n) is 17.3. The first-order valence-electron chi connectivity index (χ1n) is 10.1. The van der Waals surface area contributed by atoms with Crippen molar-refractivity contribution in [1.29, 1.82) is 0 Å². The Balaban J connectivity index is 1.75. The first-order valence-corrected chi connectivity index (χ1v) is 10.1. The predicted octanol–water partition coefficient (Wildman–Crippen LogP) is -0.222. The van der Waals surface area contributed by atoms with Gasteiger partial charge in [0.15, 0.2) is 5.72 Å². The van der Waals surface area contributed by atoms with Crippen LogP contribution in [0.1, 0.15) is 33.1 Å². The van der Waals surface area contributed by atoms with Crippen LogP contribution in [0.3, 0.4) is 0 Å². The number of primary amides is 1. The van der Waals surface area contributed by atoms with Crippen LogP contribution in [0, 0.1) is 5.92 Å². The van der Waals surface area contributed by atoms with Gasteiger partial charge in [-0.15, -0.1) is 0 Å². The van der Waals surface area contributed by atoms with E-state index in [0.29, 0.717) is 13.0 Å². The van der Waals surface area contributed by atoms with Crippen molar-refractivity contribution in [2.45, 2.75) is 50.9 Å². The number of allylic oxidation sites excluding steroid dienone is 2.